The number of aliphatic imine (C=N–C) groups is 1. The third-order valence-corrected chi connectivity index (χ3v) is 4.92. The molecule has 1 aromatic carbocycles. The van der Waals surface area contributed by atoms with Crippen LogP contribution in [0.25, 0.3) is 0 Å². The molecule has 0 saturated carbocycles. The van der Waals surface area contributed by atoms with Crippen LogP contribution in [-0.2, 0) is 25.9 Å². The predicted octanol–water partition coefficient (Wildman–Crippen LogP) is 2.93. The third kappa shape index (κ3) is 6.08. The molecule has 0 saturated heterocycles. The number of guanidine groups is 1. The Morgan fingerprint density at radius 1 is 1.18 bits per heavy atom. The molecule has 3 rings (SSSR count). The van der Waals surface area contributed by atoms with Gasteiger partial charge in [-0.1, -0.05) is 24.6 Å². The molecule has 0 aliphatic carbocycles. The molecule has 28 heavy (non-hydrogen) atoms. The van der Waals surface area contributed by atoms with Crippen LogP contribution in [0.2, 0.25) is 0 Å². The molecule has 1 aliphatic heterocycles. The maximum absolute atomic E-state index is 5.39. The van der Waals surface area contributed by atoms with Crippen molar-refractivity contribution in [1.82, 2.24) is 25.4 Å². The van der Waals surface area contributed by atoms with Crippen molar-refractivity contribution >= 4 is 29.9 Å². The topological polar surface area (TPSA) is 76.4 Å². The van der Waals surface area contributed by atoms with E-state index in [0.29, 0.717) is 6.54 Å². The average Bonchev–Trinajstić information content (AvgIpc) is 2.93. The van der Waals surface area contributed by atoms with Crippen LogP contribution in [0, 0.1) is 0 Å². The number of nitrogens with zero attached hydrogens (tertiary/aromatic N) is 4. The first-order valence-corrected chi connectivity index (χ1v) is 9.79. The summed E-state index contributed by atoms with van der Waals surface area (Å²) in [5, 5.41) is 15.5. The fourth-order valence-electron chi connectivity index (χ4n) is 3.43. The van der Waals surface area contributed by atoms with Gasteiger partial charge in [-0.15, -0.1) is 34.2 Å². The molecule has 0 bridgehead atoms. The summed E-state index contributed by atoms with van der Waals surface area (Å²) in [4.78, 5) is 4.30. The van der Waals surface area contributed by atoms with E-state index >= 15 is 0 Å². The average molecular weight is 498 g/mol. The normalized spacial score (nSPS) is 13.9. The van der Waals surface area contributed by atoms with E-state index in [4.69, 9.17) is 4.74 Å². The van der Waals surface area contributed by atoms with Crippen molar-refractivity contribution in [3.63, 3.8) is 0 Å². The van der Waals surface area contributed by atoms with Gasteiger partial charge in [-0.05, 0) is 25.3 Å². The summed E-state index contributed by atoms with van der Waals surface area (Å²) in [6, 6.07) is 8.00. The van der Waals surface area contributed by atoms with Gasteiger partial charge in [0, 0.05) is 45.1 Å². The number of para-hydroxylation sites is 1. The van der Waals surface area contributed by atoms with E-state index in [2.05, 4.69) is 36.5 Å². The predicted molar refractivity (Wildman–Crippen MR) is 123 cm³/mol. The van der Waals surface area contributed by atoms with E-state index in [1.165, 1.54) is 19.3 Å². The SMILES string of the molecule is CN=C(NCCCc1nnc2n1CCCCC2)NCc1ccccc1OC.I. The van der Waals surface area contributed by atoms with Crippen LogP contribution >= 0.6 is 24.0 Å². The minimum absolute atomic E-state index is 0. The van der Waals surface area contributed by atoms with Gasteiger partial charge < -0.3 is 19.9 Å². The Bertz CT molecular complexity index is 761. The number of fused-ring (bicyclic) bond motifs is 1. The maximum Gasteiger partial charge on any atom is 0.191 e. The van der Waals surface area contributed by atoms with Crippen molar-refractivity contribution in [3.05, 3.63) is 41.5 Å². The zero-order valence-corrected chi connectivity index (χ0v) is 19.1. The molecule has 0 unspecified atom stereocenters. The summed E-state index contributed by atoms with van der Waals surface area (Å²) < 4.78 is 7.71. The van der Waals surface area contributed by atoms with E-state index in [0.717, 1.165) is 61.3 Å². The minimum atomic E-state index is 0. The van der Waals surface area contributed by atoms with E-state index in [1.54, 1.807) is 14.2 Å². The number of halogens is 1. The summed E-state index contributed by atoms with van der Waals surface area (Å²) in [6.45, 7) is 2.57. The highest BCUT2D eigenvalue weighted by molar-refractivity contribution is 14.0. The Balaban J connectivity index is 0.00000280. The first-order chi connectivity index (χ1) is 13.3. The van der Waals surface area contributed by atoms with E-state index in [-0.39, 0.29) is 24.0 Å². The van der Waals surface area contributed by atoms with Crippen LogP contribution in [0.3, 0.4) is 0 Å². The molecule has 2 heterocycles. The highest BCUT2D eigenvalue weighted by Crippen LogP contribution is 2.17. The molecule has 2 N–H and O–H groups in total. The van der Waals surface area contributed by atoms with Crippen molar-refractivity contribution in [2.75, 3.05) is 20.7 Å². The van der Waals surface area contributed by atoms with Crippen LogP contribution in [0.1, 0.15) is 42.9 Å². The van der Waals surface area contributed by atoms with Gasteiger partial charge in [0.1, 0.15) is 17.4 Å². The summed E-state index contributed by atoms with van der Waals surface area (Å²) in [7, 11) is 3.48. The fraction of sp³-hybridized carbons (Fsp3) is 0.550. The molecule has 1 aromatic heterocycles. The number of benzene rings is 1. The number of hydrogen-bond donors (Lipinski definition) is 2. The molecule has 2 aromatic rings. The fourth-order valence-corrected chi connectivity index (χ4v) is 3.43. The van der Waals surface area contributed by atoms with Gasteiger partial charge in [0.05, 0.1) is 7.11 Å². The number of ether oxygens (including phenoxy) is 1. The summed E-state index contributed by atoms with van der Waals surface area (Å²) in [5.74, 6) is 3.95. The number of aryl methyl sites for hydroxylation is 2. The smallest absolute Gasteiger partial charge is 0.191 e. The molecule has 7 nitrogen and oxygen atoms in total. The van der Waals surface area contributed by atoms with Gasteiger partial charge in [0.2, 0.25) is 0 Å². The number of nitrogens with one attached hydrogen (secondary N) is 2. The van der Waals surface area contributed by atoms with Crippen LogP contribution in [0.5, 0.6) is 5.75 Å². The van der Waals surface area contributed by atoms with Crippen molar-refractivity contribution in [1.29, 1.82) is 0 Å². The van der Waals surface area contributed by atoms with Crippen molar-refractivity contribution < 1.29 is 4.74 Å². The first-order valence-electron chi connectivity index (χ1n) is 9.79. The largest absolute Gasteiger partial charge is 0.496 e. The Hall–Kier alpha value is -1.84. The molecular formula is C20H31IN6O. The number of aromatic nitrogens is 3. The van der Waals surface area contributed by atoms with Gasteiger partial charge >= 0.3 is 0 Å². The van der Waals surface area contributed by atoms with E-state index in [9.17, 15) is 0 Å². The van der Waals surface area contributed by atoms with Gasteiger partial charge in [-0.25, -0.2) is 0 Å². The van der Waals surface area contributed by atoms with Crippen LogP contribution in [-0.4, -0.2) is 41.4 Å². The summed E-state index contributed by atoms with van der Waals surface area (Å²) >= 11 is 0. The molecule has 0 atom stereocenters. The Kier molecular flexibility index (Phi) is 9.52. The number of hydrogen-bond acceptors (Lipinski definition) is 4. The van der Waals surface area contributed by atoms with Gasteiger partial charge in [0.25, 0.3) is 0 Å². The summed E-state index contributed by atoms with van der Waals surface area (Å²) in [6.07, 6.45) is 6.74. The van der Waals surface area contributed by atoms with Crippen LogP contribution in [0.15, 0.2) is 29.3 Å². The second kappa shape index (κ2) is 11.9. The number of methoxy groups -OCH3 is 1. The second-order valence-electron chi connectivity index (χ2n) is 6.76. The molecule has 0 fully saturated rings. The molecule has 8 heteroatoms. The van der Waals surface area contributed by atoms with Crippen LogP contribution < -0.4 is 15.4 Å². The van der Waals surface area contributed by atoms with Gasteiger partial charge in [-0.3, -0.25) is 4.99 Å². The van der Waals surface area contributed by atoms with Gasteiger partial charge in [0.15, 0.2) is 5.96 Å². The third-order valence-electron chi connectivity index (χ3n) is 4.92. The standard InChI is InChI=1S/C20H30N6O.HI/c1-21-20(23-15-16-9-5-6-10-17(16)27-2)22-13-8-12-19-25-24-18-11-4-3-7-14-26(18)19;/h5-6,9-10H,3-4,7-8,11-15H2,1-2H3,(H2,21,22,23);1H. The Labute approximate surface area is 184 Å². The lowest BCUT2D eigenvalue weighted by Gasteiger charge is -2.13. The van der Waals surface area contributed by atoms with Crippen LogP contribution in [0.4, 0.5) is 0 Å². The quantitative estimate of drug-likeness (QED) is 0.266. The lowest BCUT2D eigenvalue weighted by Crippen LogP contribution is -2.37. The van der Waals surface area contributed by atoms with E-state index in [1.807, 2.05) is 18.2 Å². The monoisotopic (exact) mass is 498 g/mol. The zero-order valence-electron chi connectivity index (χ0n) is 16.8. The molecule has 0 radical (unpaired) electrons. The maximum atomic E-state index is 5.39. The highest BCUT2D eigenvalue weighted by atomic mass is 127. The summed E-state index contributed by atoms with van der Waals surface area (Å²) in [5.41, 5.74) is 1.11. The minimum Gasteiger partial charge on any atom is -0.496 e. The molecule has 0 spiro atoms. The van der Waals surface area contributed by atoms with Crippen molar-refractivity contribution in [2.45, 2.75) is 51.6 Å². The molecule has 154 valence electrons. The lowest BCUT2D eigenvalue weighted by atomic mass is 10.2. The van der Waals surface area contributed by atoms with Crippen molar-refractivity contribution in [2.24, 2.45) is 4.99 Å². The first kappa shape index (κ1) is 22.4. The second-order valence-corrected chi connectivity index (χ2v) is 6.76. The Morgan fingerprint density at radius 2 is 2.04 bits per heavy atom. The molecule has 1 aliphatic rings. The highest BCUT2D eigenvalue weighted by Gasteiger charge is 2.14. The zero-order chi connectivity index (χ0) is 18.9. The lowest BCUT2D eigenvalue weighted by molar-refractivity contribution is 0.409. The van der Waals surface area contributed by atoms with Crippen molar-refractivity contribution in [3.8, 4) is 5.75 Å². The van der Waals surface area contributed by atoms with E-state index < -0.39 is 0 Å². The Morgan fingerprint density at radius 3 is 2.86 bits per heavy atom. The molecular weight excluding hydrogens is 467 g/mol. The number of rotatable bonds is 7. The van der Waals surface area contributed by atoms with Gasteiger partial charge in [-0.2, -0.15) is 0 Å². The molecule has 0 amide bonds.